The molecule has 5 heteroatoms. The number of aromatic amines is 1. The molecule has 0 fully saturated rings. The second-order valence-corrected chi connectivity index (χ2v) is 4.71. The number of primary amides is 1. The molecule has 1 aromatic heterocycles. The van der Waals surface area contributed by atoms with E-state index in [9.17, 15) is 4.79 Å². The maximum Gasteiger partial charge on any atom is 0.221 e. The third-order valence-corrected chi connectivity index (χ3v) is 3.06. The number of benzene rings is 1. The summed E-state index contributed by atoms with van der Waals surface area (Å²) >= 11 is 6.52. The Morgan fingerprint density at radius 2 is 2.36 bits per heavy atom. The van der Waals surface area contributed by atoms with Crippen LogP contribution in [0, 0.1) is 3.95 Å². The summed E-state index contributed by atoms with van der Waals surface area (Å²) in [5.74, 6) is -0.316. The van der Waals surface area contributed by atoms with Crippen LogP contribution in [-0.4, -0.2) is 10.9 Å². The van der Waals surface area contributed by atoms with Crippen LogP contribution in [0.15, 0.2) is 18.2 Å². The summed E-state index contributed by atoms with van der Waals surface area (Å²) in [4.78, 5) is 13.8. The lowest BCUT2D eigenvalue weighted by molar-refractivity contribution is -0.117. The predicted molar refractivity (Wildman–Crippen MR) is 59.9 cm³/mol. The van der Waals surface area contributed by atoms with Gasteiger partial charge in [0, 0.05) is 0 Å². The highest BCUT2D eigenvalue weighted by atomic mass is 32.1. The maximum atomic E-state index is 10.7. The summed E-state index contributed by atoms with van der Waals surface area (Å²) in [7, 11) is 0. The number of hydrogen-bond acceptors (Lipinski definition) is 3. The van der Waals surface area contributed by atoms with Gasteiger partial charge in [-0.25, -0.2) is 0 Å². The van der Waals surface area contributed by atoms with Gasteiger partial charge in [-0.15, -0.1) is 11.3 Å². The van der Waals surface area contributed by atoms with E-state index in [1.807, 2.05) is 18.2 Å². The van der Waals surface area contributed by atoms with Gasteiger partial charge in [0.25, 0.3) is 0 Å². The molecule has 0 radical (unpaired) electrons. The van der Waals surface area contributed by atoms with Crippen LogP contribution in [-0.2, 0) is 11.2 Å². The molecule has 0 unspecified atom stereocenters. The van der Waals surface area contributed by atoms with Gasteiger partial charge in [0.15, 0.2) is 3.95 Å². The number of fused-ring (bicyclic) bond motifs is 1. The number of aromatic nitrogens is 1. The summed E-state index contributed by atoms with van der Waals surface area (Å²) < 4.78 is 1.81. The zero-order valence-corrected chi connectivity index (χ0v) is 8.87. The molecular formula is C9H8N2OS2. The Kier molecular flexibility index (Phi) is 2.35. The normalized spacial score (nSPS) is 10.6. The van der Waals surface area contributed by atoms with Crippen LogP contribution in [0.25, 0.3) is 10.2 Å². The highest BCUT2D eigenvalue weighted by molar-refractivity contribution is 7.73. The molecule has 2 aromatic rings. The average Bonchev–Trinajstić information content (AvgIpc) is 2.42. The molecule has 0 saturated carbocycles. The van der Waals surface area contributed by atoms with Gasteiger partial charge in [-0.2, -0.15) is 0 Å². The smallest absolute Gasteiger partial charge is 0.221 e. The fourth-order valence-corrected chi connectivity index (χ4v) is 2.48. The van der Waals surface area contributed by atoms with E-state index >= 15 is 0 Å². The molecule has 1 amide bonds. The fourth-order valence-electron chi connectivity index (χ4n) is 1.30. The van der Waals surface area contributed by atoms with Gasteiger partial charge in [-0.3, -0.25) is 4.79 Å². The molecular weight excluding hydrogens is 216 g/mol. The van der Waals surface area contributed by atoms with Crippen LogP contribution in [0.1, 0.15) is 5.56 Å². The second-order valence-electron chi connectivity index (χ2n) is 2.99. The Morgan fingerprint density at radius 1 is 1.57 bits per heavy atom. The van der Waals surface area contributed by atoms with Crippen LogP contribution >= 0.6 is 23.6 Å². The van der Waals surface area contributed by atoms with Crippen molar-refractivity contribution in [3.63, 3.8) is 0 Å². The third kappa shape index (κ3) is 1.83. The number of nitrogens with one attached hydrogen (secondary N) is 1. The van der Waals surface area contributed by atoms with Crippen LogP contribution in [0.5, 0.6) is 0 Å². The largest absolute Gasteiger partial charge is 0.369 e. The standard InChI is InChI=1S/C9H8N2OS2/c10-8(12)4-5-1-2-6-7(3-5)14-9(13)11-6/h1-3H,4H2,(H2,10,12)(H,11,13). The topological polar surface area (TPSA) is 58.9 Å². The lowest BCUT2D eigenvalue weighted by atomic mass is 10.1. The molecule has 3 nitrogen and oxygen atoms in total. The van der Waals surface area contributed by atoms with Gasteiger partial charge in [-0.05, 0) is 29.9 Å². The Labute approximate surface area is 89.6 Å². The Bertz CT molecular complexity index is 541. The van der Waals surface area contributed by atoms with E-state index in [1.165, 1.54) is 11.3 Å². The van der Waals surface area contributed by atoms with Gasteiger partial charge in [0.2, 0.25) is 5.91 Å². The zero-order valence-electron chi connectivity index (χ0n) is 7.24. The molecule has 0 aliphatic heterocycles. The minimum absolute atomic E-state index is 0.278. The van der Waals surface area contributed by atoms with Gasteiger partial charge in [-0.1, -0.05) is 6.07 Å². The first-order valence-electron chi connectivity index (χ1n) is 4.05. The highest BCUT2D eigenvalue weighted by Gasteiger charge is 2.01. The Morgan fingerprint density at radius 3 is 3.07 bits per heavy atom. The molecule has 1 heterocycles. The van der Waals surface area contributed by atoms with E-state index in [-0.39, 0.29) is 12.3 Å². The molecule has 0 aliphatic rings. The number of rotatable bonds is 2. The minimum Gasteiger partial charge on any atom is -0.369 e. The number of amides is 1. The number of carbonyl (C=O) groups is 1. The van der Waals surface area contributed by atoms with E-state index in [0.29, 0.717) is 0 Å². The van der Waals surface area contributed by atoms with Crippen molar-refractivity contribution in [1.82, 2.24) is 4.98 Å². The number of thiazole rings is 1. The van der Waals surface area contributed by atoms with Crippen molar-refractivity contribution in [2.45, 2.75) is 6.42 Å². The van der Waals surface area contributed by atoms with Crippen LogP contribution in [0.4, 0.5) is 0 Å². The summed E-state index contributed by atoms with van der Waals surface area (Å²) in [6.45, 7) is 0. The molecule has 2 rings (SSSR count). The summed E-state index contributed by atoms with van der Waals surface area (Å²) in [6.07, 6.45) is 0.278. The van der Waals surface area contributed by atoms with Crippen LogP contribution < -0.4 is 5.73 Å². The van der Waals surface area contributed by atoms with E-state index in [0.717, 1.165) is 19.7 Å². The van der Waals surface area contributed by atoms with Gasteiger partial charge in [0.05, 0.1) is 16.6 Å². The summed E-state index contributed by atoms with van der Waals surface area (Å²) in [5, 5.41) is 0. The maximum absolute atomic E-state index is 10.7. The van der Waals surface area contributed by atoms with Gasteiger partial charge in [0.1, 0.15) is 0 Å². The lowest BCUT2D eigenvalue weighted by Gasteiger charge is -1.96. The average molecular weight is 224 g/mol. The number of nitrogens with two attached hydrogens (primary N) is 1. The van der Waals surface area contributed by atoms with E-state index < -0.39 is 0 Å². The van der Waals surface area contributed by atoms with Crippen molar-refractivity contribution in [3.05, 3.63) is 27.7 Å². The van der Waals surface area contributed by atoms with Gasteiger partial charge >= 0.3 is 0 Å². The Hall–Kier alpha value is -1.20. The highest BCUT2D eigenvalue weighted by Crippen LogP contribution is 2.20. The van der Waals surface area contributed by atoms with Crippen molar-refractivity contribution in [2.75, 3.05) is 0 Å². The lowest BCUT2D eigenvalue weighted by Crippen LogP contribution is -2.13. The number of H-pyrrole nitrogens is 1. The van der Waals surface area contributed by atoms with Crippen molar-refractivity contribution in [3.8, 4) is 0 Å². The molecule has 1 aromatic carbocycles. The van der Waals surface area contributed by atoms with Crippen LogP contribution in [0.2, 0.25) is 0 Å². The molecule has 0 aliphatic carbocycles. The third-order valence-electron chi connectivity index (χ3n) is 1.86. The zero-order chi connectivity index (χ0) is 10.1. The molecule has 3 N–H and O–H groups in total. The first-order valence-corrected chi connectivity index (χ1v) is 5.28. The molecule has 0 saturated heterocycles. The molecule has 0 bridgehead atoms. The SMILES string of the molecule is NC(=O)Cc1ccc2[nH]c(=S)sc2c1. The Balaban J connectivity index is 2.50. The molecule has 0 spiro atoms. The summed E-state index contributed by atoms with van der Waals surface area (Å²) in [6, 6.07) is 5.74. The van der Waals surface area contributed by atoms with Crippen molar-refractivity contribution in [1.29, 1.82) is 0 Å². The monoisotopic (exact) mass is 224 g/mol. The summed E-state index contributed by atoms with van der Waals surface area (Å²) in [5.41, 5.74) is 7.04. The first-order chi connectivity index (χ1) is 6.65. The molecule has 14 heavy (non-hydrogen) atoms. The molecule has 72 valence electrons. The second kappa shape index (κ2) is 3.51. The van der Waals surface area contributed by atoms with Gasteiger partial charge < -0.3 is 10.7 Å². The predicted octanol–water partition coefficient (Wildman–Crippen LogP) is 1.99. The number of carbonyl (C=O) groups excluding carboxylic acids is 1. The van der Waals surface area contributed by atoms with E-state index in [1.54, 1.807) is 0 Å². The van der Waals surface area contributed by atoms with Crippen molar-refractivity contribution in [2.24, 2.45) is 5.73 Å². The number of hydrogen-bond donors (Lipinski definition) is 2. The fraction of sp³-hybridized carbons (Fsp3) is 0.111. The van der Waals surface area contributed by atoms with Crippen molar-refractivity contribution >= 4 is 39.7 Å². The quantitative estimate of drug-likeness (QED) is 0.766. The van der Waals surface area contributed by atoms with Crippen LogP contribution in [0.3, 0.4) is 0 Å². The minimum atomic E-state index is -0.316. The molecule has 0 atom stereocenters. The van der Waals surface area contributed by atoms with E-state index in [2.05, 4.69) is 4.98 Å². The van der Waals surface area contributed by atoms with E-state index in [4.69, 9.17) is 18.0 Å². The first kappa shape index (κ1) is 9.36. The van der Waals surface area contributed by atoms with Crippen molar-refractivity contribution < 1.29 is 4.79 Å².